The van der Waals surface area contributed by atoms with Crippen molar-refractivity contribution in [3.8, 4) is 5.75 Å². The highest BCUT2D eigenvalue weighted by Crippen LogP contribution is 2.34. The molecule has 1 fully saturated rings. The fourth-order valence-corrected chi connectivity index (χ4v) is 2.31. The van der Waals surface area contributed by atoms with E-state index in [9.17, 15) is 8.76 Å². The second-order valence-electron chi connectivity index (χ2n) is 4.17. The summed E-state index contributed by atoms with van der Waals surface area (Å²) in [6, 6.07) is 5.36. The molecule has 1 N–H and O–H groups in total. The van der Waals surface area contributed by atoms with Crippen LogP contribution in [0.2, 0.25) is 0 Å². The summed E-state index contributed by atoms with van der Waals surface area (Å²) in [5.41, 5.74) is 0.970. The zero-order valence-electron chi connectivity index (χ0n) is 9.23. The number of rotatable bonds is 3. The zero-order chi connectivity index (χ0) is 11.8. The van der Waals surface area contributed by atoms with Crippen molar-refractivity contribution in [3.05, 3.63) is 23.8 Å². The van der Waals surface area contributed by atoms with Crippen molar-refractivity contribution < 1.29 is 18.2 Å². The summed E-state index contributed by atoms with van der Waals surface area (Å²) in [6.45, 7) is 3.37. The average Bonchev–Trinajstić information content (AvgIpc) is 2.25. The van der Waals surface area contributed by atoms with Crippen LogP contribution in [0.3, 0.4) is 0 Å². The molecular formula is C11H14O4S. The van der Waals surface area contributed by atoms with Crippen LogP contribution in [0.15, 0.2) is 23.1 Å². The van der Waals surface area contributed by atoms with E-state index >= 15 is 0 Å². The lowest BCUT2D eigenvalue weighted by Gasteiger charge is -2.38. The molecule has 1 saturated heterocycles. The highest BCUT2D eigenvalue weighted by Gasteiger charge is 2.35. The fraction of sp³-hybridized carbons (Fsp3) is 0.455. The molecule has 16 heavy (non-hydrogen) atoms. The Balaban J connectivity index is 2.42. The van der Waals surface area contributed by atoms with E-state index < -0.39 is 11.1 Å². The fourth-order valence-electron chi connectivity index (χ4n) is 1.76. The van der Waals surface area contributed by atoms with Gasteiger partial charge in [0.15, 0.2) is 11.1 Å². The predicted octanol–water partition coefficient (Wildman–Crippen LogP) is 1.56. The van der Waals surface area contributed by atoms with Crippen LogP contribution in [0.25, 0.3) is 0 Å². The third-order valence-electron chi connectivity index (χ3n) is 2.89. The summed E-state index contributed by atoms with van der Waals surface area (Å²) in [5, 5.41) is 0. The monoisotopic (exact) mass is 242 g/mol. The highest BCUT2D eigenvalue weighted by atomic mass is 32.2. The third kappa shape index (κ3) is 1.86. The van der Waals surface area contributed by atoms with Crippen LogP contribution in [0.1, 0.15) is 12.5 Å². The molecular weight excluding hydrogens is 228 g/mol. The molecule has 0 amide bonds. The number of methoxy groups -OCH3 is 1. The maximum atomic E-state index is 11.2. The normalized spacial score (nSPS) is 19.9. The topological polar surface area (TPSA) is 55.8 Å². The first-order valence-electron chi connectivity index (χ1n) is 4.94. The Morgan fingerprint density at radius 1 is 1.50 bits per heavy atom. The molecule has 1 aromatic carbocycles. The standard InChI is InChI=1S/C11H14O4S/c1-11(6-15-7-11)8-3-4-9(14-2)10(5-8)16(12)13/h3-5H,6-7H2,1-2H3,(H,12,13). The molecule has 2 rings (SSSR count). The number of benzene rings is 1. The number of hydrogen-bond acceptors (Lipinski definition) is 3. The summed E-state index contributed by atoms with van der Waals surface area (Å²) in [7, 11) is 1.49. The first-order valence-corrected chi connectivity index (χ1v) is 6.04. The van der Waals surface area contributed by atoms with Crippen molar-refractivity contribution in [3.63, 3.8) is 0 Å². The van der Waals surface area contributed by atoms with Crippen LogP contribution < -0.4 is 4.74 Å². The van der Waals surface area contributed by atoms with Gasteiger partial charge < -0.3 is 14.0 Å². The van der Waals surface area contributed by atoms with E-state index in [0.717, 1.165) is 5.56 Å². The van der Waals surface area contributed by atoms with Crippen LogP contribution >= 0.6 is 0 Å². The Bertz CT molecular complexity index is 426. The lowest BCUT2D eigenvalue weighted by molar-refractivity contribution is -0.0501. The van der Waals surface area contributed by atoms with Crippen LogP contribution in [0, 0.1) is 0 Å². The average molecular weight is 242 g/mol. The molecule has 4 nitrogen and oxygen atoms in total. The van der Waals surface area contributed by atoms with Crippen molar-refractivity contribution in [1.29, 1.82) is 0 Å². The van der Waals surface area contributed by atoms with E-state index in [1.165, 1.54) is 7.11 Å². The molecule has 1 heterocycles. The van der Waals surface area contributed by atoms with Gasteiger partial charge in [-0.3, -0.25) is 0 Å². The highest BCUT2D eigenvalue weighted by molar-refractivity contribution is 7.79. The lowest BCUT2D eigenvalue weighted by atomic mass is 9.81. The van der Waals surface area contributed by atoms with Crippen LogP contribution in [-0.4, -0.2) is 29.1 Å². The van der Waals surface area contributed by atoms with E-state index in [0.29, 0.717) is 23.9 Å². The number of ether oxygens (including phenoxy) is 2. The minimum absolute atomic E-state index is 0.0413. The van der Waals surface area contributed by atoms with Gasteiger partial charge in [-0.25, -0.2) is 4.21 Å². The Morgan fingerprint density at radius 2 is 2.19 bits per heavy atom. The summed E-state index contributed by atoms with van der Waals surface area (Å²) in [6.07, 6.45) is 0. The predicted molar refractivity (Wildman–Crippen MR) is 60.2 cm³/mol. The van der Waals surface area contributed by atoms with Gasteiger partial charge in [0.05, 0.1) is 20.3 Å². The van der Waals surface area contributed by atoms with Crippen molar-refractivity contribution in [2.45, 2.75) is 17.2 Å². The molecule has 0 spiro atoms. The molecule has 5 heteroatoms. The molecule has 0 radical (unpaired) electrons. The van der Waals surface area contributed by atoms with Crippen LogP contribution in [0.4, 0.5) is 0 Å². The van der Waals surface area contributed by atoms with Gasteiger partial charge in [0.2, 0.25) is 0 Å². The zero-order valence-corrected chi connectivity index (χ0v) is 10.0. The lowest BCUT2D eigenvalue weighted by Crippen LogP contribution is -2.43. The maximum Gasteiger partial charge on any atom is 0.190 e. The Hall–Kier alpha value is -0.910. The molecule has 1 unspecified atom stereocenters. The van der Waals surface area contributed by atoms with Gasteiger partial charge in [-0.05, 0) is 17.7 Å². The van der Waals surface area contributed by atoms with Gasteiger partial charge in [-0.1, -0.05) is 13.0 Å². The van der Waals surface area contributed by atoms with Gasteiger partial charge in [0.1, 0.15) is 10.6 Å². The third-order valence-corrected chi connectivity index (χ3v) is 3.59. The summed E-state index contributed by atoms with van der Waals surface area (Å²) in [4.78, 5) is 0.313. The van der Waals surface area contributed by atoms with Gasteiger partial charge in [0.25, 0.3) is 0 Å². The van der Waals surface area contributed by atoms with Crippen molar-refractivity contribution in [2.75, 3.05) is 20.3 Å². The minimum atomic E-state index is -2.03. The summed E-state index contributed by atoms with van der Waals surface area (Å²) < 4.78 is 30.6. The Labute approximate surface area is 96.9 Å². The smallest absolute Gasteiger partial charge is 0.190 e. The first-order chi connectivity index (χ1) is 7.57. The molecule has 1 aliphatic heterocycles. The van der Waals surface area contributed by atoms with Crippen LogP contribution in [-0.2, 0) is 21.2 Å². The molecule has 1 aliphatic rings. The van der Waals surface area contributed by atoms with Crippen molar-refractivity contribution in [2.24, 2.45) is 0 Å². The quantitative estimate of drug-likeness (QED) is 0.817. The summed E-state index contributed by atoms with van der Waals surface area (Å²) >= 11 is -2.03. The van der Waals surface area contributed by atoms with E-state index in [4.69, 9.17) is 9.47 Å². The molecule has 0 saturated carbocycles. The molecule has 1 aromatic rings. The van der Waals surface area contributed by atoms with Crippen molar-refractivity contribution in [1.82, 2.24) is 0 Å². The molecule has 1 atom stereocenters. The van der Waals surface area contributed by atoms with Crippen molar-refractivity contribution >= 4 is 11.1 Å². The van der Waals surface area contributed by atoms with E-state index in [1.807, 2.05) is 6.07 Å². The summed E-state index contributed by atoms with van der Waals surface area (Å²) in [5.74, 6) is 0.438. The molecule has 88 valence electrons. The first kappa shape index (κ1) is 11.6. The minimum Gasteiger partial charge on any atom is -0.495 e. The van der Waals surface area contributed by atoms with E-state index in [-0.39, 0.29) is 5.41 Å². The number of hydrogen-bond donors (Lipinski definition) is 1. The second-order valence-corrected chi connectivity index (χ2v) is 5.11. The Morgan fingerprint density at radius 3 is 2.62 bits per heavy atom. The largest absolute Gasteiger partial charge is 0.495 e. The Kier molecular flexibility index (Phi) is 3.01. The van der Waals surface area contributed by atoms with E-state index in [1.54, 1.807) is 12.1 Å². The SMILES string of the molecule is COc1ccc(C2(C)COC2)cc1S(=O)O. The second kappa shape index (κ2) is 4.16. The van der Waals surface area contributed by atoms with Gasteiger partial charge in [0, 0.05) is 5.41 Å². The van der Waals surface area contributed by atoms with Gasteiger partial charge in [-0.2, -0.15) is 0 Å². The molecule has 0 aromatic heterocycles. The van der Waals surface area contributed by atoms with Crippen LogP contribution in [0.5, 0.6) is 5.75 Å². The molecule has 0 bridgehead atoms. The van der Waals surface area contributed by atoms with Gasteiger partial charge in [-0.15, -0.1) is 0 Å². The van der Waals surface area contributed by atoms with Gasteiger partial charge >= 0.3 is 0 Å². The van der Waals surface area contributed by atoms with E-state index in [2.05, 4.69) is 6.92 Å². The maximum absolute atomic E-state index is 11.2. The molecule has 0 aliphatic carbocycles.